The smallest absolute Gasteiger partial charge is 0.407 e. The van der Waals surface area contributed by atoms with E-state index in [1.165, 1.54) is 37.9 Å². The summed E-state index contributed by atoms with van der Waals surface area (Å²) in [6.45, 7) is 9.49. The molecular weight excluding hydrogens is 438 g/mol. The third-order valence-corrected chi connectivity index (χ3v) is 7.55. The number of carbonyl (C=O) groups is 2. The molecule has 188 valence electrons. The lowest BCUT2D eigenvalue weighted by atomic mass is 9.86. The minimum Gasteiger partial charge on any atom is -0.465 e. The van der Waals surface area contributed by atoms with Gasteiger partial charge in [0.15, 0.2) is 0 Å². The van der Waals surface area contributed by atoms with Crippen LogP contribution in [-0.2, 0) is 11.3 Å². The second-order valence-corrected chi connectivity index (χ2v) is 9.99. The molecule has 1 saturated heterocycles. The normalized spacial score (nSPS) is 20.4. The molecule has 2 aliphatic heterocycles. The minimum absolute atomic E-state index is 0.00346. The van der Waals surface area contributed by atoms with Gasteiger partial charge in [0.25, 0.3) is 0 Å². The molecule has 2 aromatic rings. The lowest BCUT2D eigenvalue weighted by Crippen LogP contribution is -2.47. The van der Waals surface area contributed by atoms with Crippen LogP contribution in [-0.4, -0.2) is 52.6 Å². The van der Waals surface area contributed by atoms with Crippen LogP contribution >= 0.6 is 0 Å². The zero-order valence-corrected chi connectivity index (χ0v) is 21.4. The van der Waals surface area contributed by atoms with E-state index in [1.807, 2.05) is 17.9 Å². The lowest BCUT2D eigenvalue weighted by Gasteiger charge is -2.43. The number of carbonyl (C=O) groups excluding carboxylic acids is 1. The van der Waals surface area contributed by atoms with Crippen LogP contribution in [0.2, 0.25) is 0 Å². The molecule has 2 amide bonds. The fourth-order valence-electron chi connectivity index (χ4n) is 5.78. The Hall–Kier alpha value is -2.86. The second kappa shape index (κ2) is 11.3. The molecule has 6 heteroatoms. The average Bonchev–Trinajstić information content (AvgIpc) is 2.87. The third-order valence-electron chi connectivity index (χ3n) is 7.55. The molecule has 0 radical (unpaired) electrons. The number of benzene rings is 2. The van der Waals surface area contributed by atoms with Crippen LogP contribution in [0.5, 0.6) is 0 Å². The first-order valence-electron chi connectivity index (χ1n) is 13.2. The average molecular weight is 478 g/mol. The van der Waals surface area contributed by atoms with Gasteiger partial charge in [-0.15, -0.1) is 0 Å². The second-order valence-electron chi connectivity index (χ2n) is 9.99. The molecule has 0 bridgehead atoms. The van der Waals surface area contributed by atoms with Gasteiger partial charge in [-0.25, -0.2) is 4.79 Å². The van der Waals surface area contributed by atoms with Crippen molar-refractivity contribution < 1.29 is 14.7 Å². The topological polar surface area (TPSA) is 64.1 Å². The van der Waals surface area contributed by atoms with Gasteiger partial charge in [-0.3, -0.25) is 9.69 Å². The van der Waals surface area contributed by atoms with E-state index in [0.717, 1.165) is 41.8 Å². The summed E-state index contributed by atoms with van der Waals surface area (Å²) in [4.78, 5) is 30.8. The summed E-state index contributed by atoms with van der Waals surface area (Å²) in [5, 5.41) is 10.0. The lowest BCUT2D eigenvalue weighted by molar-refractivity contribution is -0.117. The summed E-state index contributed by atoms with van der Waals surface area (Å²) < 4.78 is 0. The van der Waals surface area contributed by atoms with Gasteiger partial charge in [-0.1, -0.05) is 50.6 Å². The molecule has 2 heterocycles. The first-order valence-corrected chi connectivity index (χ1v) is 13.2. The van der Waals surface area contributed by atoms with E-state index < -0.39 is 6.09 Å². The molecule has 0 saturated carbocycles. The number of hydrogen-bond acceptors (Lipinski definition) is 3. The van der Waals surface area contributed by atoms with E-state index in [0.29, 0.717) is 13.0 Å². The van der Waals surface area contributed by atoms with Gasteiger partial charge in [0.1, 0.15) is 0 Å². The van der Waals surface area contributed by atoms with Crippen LogP contribution in [0.25, 0.3) is 11.1 Å². The summed E-state index contributed by atoms with van der Waals surface area (Å²) in [5.41, 5.74) is 5.25. The number of anilines is 1. The number of amides is 2. The Bertz CT molecular complexity index is 1030. The summed E-state index contributed by atoms with van der Waals surface area (Å²) in [6, 6.07) is 14.6. The largest absolute Gasteiger partial charge is 0.465 e. The van der Waals surface area contributed by atoms with Crippen molar-refractivity contribution in [1.29, 1.82) is 0 Å². The Morgan fingerprint density at radius 2 is 1.69 bits per heavy atom. The van der Waals surface area contributed by atoms with Crippen LogP contribution in [0.15, 0.2) is 42.5 Å². The zero-order chi connectivity index (χ0) is 24.9. The number of hydrogen-bond donors (Lipinski definition) is 1. The SMILES string of the molecule is CCCN(C(=O)O)[C@H]1C[C@@H](CC)N(C(C)=O)c2ccc(-c3ccc(CN4CCCCC4)cc3)cc21. The standard InChI is InChI=1S/C29H39N3O3/c1-4-15-31(29(34)35)28-19-25(5-2)32(21(3)33)27-14-13-24(18-26(27)28)23-11-9-22(10-12-23)20-30-16-7-6-8-17-30/h9-14,18,25,28H,4-8,15-17,19-20H2,1-3H3,(H,34,35)/t25-,28+/m1/s1. The zero-order valence-electron chi connectivity index (χ0n) is 21.4. The Kier molecular flexibility index (Phi) is 8.11. The maximum absolute atomic E-state index is 12.6. The highest BCUT2D eigenvalue weighted by Crippen LogP contribution is 2.43. The molecule has 0 aromatic heterocycles. The van der Waals surface area contributed by atoms with Crippen molar-refractivity contribution in [2.24, 2.45) is 0 Å². The molecule has 4 rings (SSSR count). The van der Waals surface area contributed by atoms with Crippen molar-refractivity contribution in [2.75, 3.05) is 24.5 Å². The molecular formula is C29H39N3O3. The summed E-state index contributed by atoms with van der Waals surface area (Å²) in [6.07, 6.45) is 5.17. The summed E-state index contributed by atoms with van der Waals surface area (Å²) in [5.74, 6) is 0.00346. The van der Waals surface area contributed by atoms with E-state index in [2.05, 4.69) is 48.2 Å². The van der Waals surface area contributed by atoms with Gasteiger partial charge in [-0.05, 0) is 79.6 Å². The van der Waals surface area contributed by atoms with Crippen LogP contribution in [0.3, 0.4) is 0 Å². The van der Waals surface area contributed by atoms with Gasteiger partial charge in [0, 0.05) is 31.7 Å². The Balaban J connectivity index is 1.67. The molecule has 0 unspecified atom stereocenters. The van der Waals surface area contributed by atoms with Crippen molar-refractivity contribution >= 4 is 17.7 Å². The summed E-state index contributed by atoms with van der Waals surface area (Å²) in [7, 11) is 0. The first kappa shape index (κ1) is 25.2. The Labute approximate surface area is 209 Å². The number of likely N-dealkylation sites (tertiary alicyclic amines) is 1. The van der Waals surface area contributed by atoms with Crippen molar-refractivity contribution in [3.63, 3.8) is 0 Å². The minimum atomic E-state index is -0.901. The number of fused-ring (bicyclic) bond motifs is 1. The van der Waals surface area contributed by atoms with Gasteiger partial charge in [0.05, 0.1) is 6.04 Å². The monoisotopic (exact) mass is 477 g/mol. The number of rotatable bonds is 7. The molecule has 0 aliphatic carbocycles. The number of nitrogens with zero attached hydrogens (tertiary/aromatic N) is 3. The van der Waals surface area contributed by atoms with Crippen LogP contribution in [0.1, 0.15) is 76.5 Å². The van der Waals surface area contributed by atoms with Gasteiger partial charge < -0.3 is 14.9 Å². The van der Waals surface area contributed by atoms with E-state index in [-0.39, 0.29) is 18.0 Å². The quantitative estimate of drug-likeness (QED) is 0.508. The van der Waals surface area contributed by atoms with Crippen LogP contribution in [0.4, 0.5) is 10.5 Å². The maximum Gasteiger partial charge on any atom is 0.407 e. The molecule has 6 nitrogen and oxygen atoms in total. The molecule has 2 aromatic carbocycles. The van der Waals surface area contributed by atoms with Crippen LogP contribution < -0.4 is 4.90 Å². The molecule has 0 spiro atoms. The van der Waals surface area contributed by atoms with E-state index in [4.69, 9.17) is 0 Å². The number of carboxylic acid groups (broad SMARTS) is 1. The fraction of sp³-hybridized carbons (Fsp3) is 0.517. The Morgan fingerprint density at radius 1 is 1.00 bits per heavy atom. The highest BCUT2D eigenvalue weighted by Gasteiger charge is 2.38. The predicted octanol–water partition coefficient (Wildman–Crippen LogP) is 6.31. The van der Waals surface area contributed by atoms with E-state index in [9.17, 15) is 14.7 Å². The van der Waals surface area contributed by atoms with E-state index >= 15 is 0 Å². The van der Waals surface area contributed by atoms with Crippen molar-refractivity contribution in [3.8, 4) is 11.1 Å². The molecule has 1 N–H and O–H groups in total. The predicted molar refractivity (Wildman–Crippen MR) is 141 cm³/mol. The van der Waals surface area contributed by atoms with Gasteiger partial charge in [-0.2, -0.15) is 0 Å². The van der Waals surface area contributed by atoms with Crippen molar-refractivity contribution in [2.45, 2.75) is 77.9 Å². The highest BCUT2D eigenvalue weighted by atomic mass is 16.4. The molecule has 35 heavy (non-hydrogen) atoms. The fourth-order valence-corrected chi connectivity index (χ4v) is 5.78. The third kappa shape index (κ3) is 5.53. The van der Waals surface area contributed by atoms with Crippen molar-refractivity contribution in [3.05, 3.63) is 53.6 Å². The molecule has 2 aliphatic rings. The van der Waals surface area contributed by atoms with Gasteiger partial charge in [0.2, 0.25) is 5.91 Å². The number of piperidine rings is 1. The molecule has 2 atom stereocenters. The highest BCUT2D eigenvalue weighted by molar-refractivity contribution is 5.94. The Morgan fingerprint density at radius 3 is 2.29 bits per heavy atom. The first-order chi connectivity index (χ1) is 16.9. The van der Waals surface area contributed by atoms with Crippen LogP contribution in [0, 0.1) is 0 Å². The summed E-state index contributed by atoms with van der Waals surface area (Å²) >= 11 is 0. The van der Waals surface area contributed by atoms with E-state index in [1.54, 1.807) is 11.8 Å². The maximum atomic E-state index is 12.6. The van der Waals surface area contributed by atoms with Gasteiger partial charge >= 0.3 is 6.09 Å². The molecule has 1 fully saturated rings. The van der Waals surface area contributed by atoms with Crippen molar-refractivity contribution in [1.82, 2.24) is 9.80 Å².